The summed E-state index contributed by atoms with van der Waals surface area (Å²) in [5.41, 5.74) is 0.651. The lowest BCUT2D eigenvalue weighted by Crippen LogP contribution is -2.37. The summed E-state index contributed by atoms with van der Waals surface area (Å²) in [6, 6.07) is 12.6. The first-order valence-corrected chi connectivity index (χ1v) is 9.32. The Morgan fingerprint density at radius 3 is 2.00 bits per heavy atom. The summed E-state index contributed by atoms with van der Waals surface area (Å²) >= 11 is 11.6. The van der Waals surface area contributed by atoms with Crippen LogP contribution in [0.1, 0.15) is 6.92 Å². The Morgan fingerprint density at radius 2 is 1.50 bits per heavy atom. The van der Waals surface area contributed by atoms with Crippen LogP contribution in [-0.2, 0) is 14.8 Å². The number of sulfonamides is 1. The summed E-state index contributed by atoms with van der Waals surface area (Å²) in [6.45, 7) is 1.69. The van der Waals surface area contributed by atoms with Gasteiger partial charge in [-0.3, -0.25) is 4.79 Å². The molecule has 0 aliphatic heterocycles. The first-order valence-electron chi connectivity index (χ1n) is 7.08. The molecule has 1 N–H and O–H groups in total. The van der Waals surface area contributed by atoms with Gasteiger partial charge in [0, 0.05) is 35.7 Å². The third kappa shape index (κ3) is 4.95. The number of halogens is 2. The Hall–Kier alpha value is -1.60. The fourth-order valence-electron chi connectivity index (χ4n) is 2.08. The number of nitrogens with one attached hydrogen (secondary N) is 1. The zero-order valence-corrected chi connectivity index (χ0v) is 15.2. The quantitative estimate of drug-likeness (QED) is 0.827. The van der Waals surface area contributed by atoms with Crippen molar-refractivity contribution >= 4 is 44.8 Å². The molecule has 24 heavy (non-hydrogen) atoms. The van der Waals surface area contributed by atoms with Gasteiger partial charge in [0.1, 0.15) is 0 Å². The normalized spacial score (nSPS) is 11.3. The van der Waals surface area contributed by atoms with E-state index in [9.17, 15) is 13.2 Å². The van der Waals surface area contributed by atoms with Crippen LogP contribution in [-0.4, -0.2) is 27.4 Å². The first-order chi connectivity index (χ1) is 11.3. The molecule has 2 aromatic carbocycles. The van der Waals surface area contributed by atoms with Crippen LogP contribution in [0.4, 0.5) is 5.69 Å². The van der Waals surface area contributed by atoms with Crippen molar-refractivity contribution < 1.29 is 13.2 Å². The van der Waals surface area contributed by atoms with Crippen molar-refractivity contribution in [2.24, 2.45) is 0 Å². The predicted octanol–water partition coefficient (Wildman–Crippen LogP) is 3.32. The molecule has 0 radical (unpaired) electrons. The van der Waals surface area contributed by atoms with E-state index in [1.807, 2.05) is 0 Å². The van der Waals surface area contributed by atoms with Crippen molar-refractivity contribution in [3.8, 4) is 0 Å². The molecule has 2 aromatic rings. The van der Waals surface area contributed by atoms with E-state index in [4.69, 9.17) is 23.2 Å². The summed E-state index contributed by atoms with van der Waals surface area (Å²) in [5, 5.41) is 1.02. The van der Waals surface area contributed by atoms with Crippen LogP contribution in [0.2, 0.25) is 10.0 Å². The van der Waals surface area contributed by atoms with Crippen molar-refractivity contribution in [3.63, 3.8) is 0 Å². The number of benzene rings is 2. The van der Waals surface area contributed by atoms with E-state index in [1.54, 1.807) is 24.3 Å². The van der Waals surface area contributed by atoms with Crippen LogP contribution in [0.25, 0.3) is 0 Å². The Kier molecular flexibility index (Phi) is 6.23. The van der Waals surface area contributed by atoms with E-state index in [0.29, 0.717) is 15.7 Å². The van der Waals surface area contributed by atoms with Gasteiger partial charge in [-0.25, -0.2) is 13.1 Å². The van der Waals surface area contributed by atoms with Crippen LogP contribution in [0.15, 0.2) is 53.4 Å². The van der Waals surface area contributed by atoms with Crippen LogP contribution >= 0.6 is 23.2 Å². The summed E-state index contributed by atoms with van der Waals surface area (Å²) in [4.78, 5) is 13.4. The van der Waals surface area contributed by atoms with Gasteiger partial charge in [0.25, 0.3) is 0 Å². The SMILES string of the molecule is CC(=O)N(CCNS(=O)(=O)c1ccc(Cl)cc1)c1ccc(Cl)cc1. The van der Waals surface area contributed by atoms with Gasteiger partial charge in [0.15, 0.2) is 0 Å². The molecule has 0 aliphatic rings. The Bertz CT molecular complexity index is 806. The minimum Gasteiger partial charge on any atom is -0.311 e. The number of anilines is 1. The second-order valence-electron chi connectivity index (χ2n) is 5.00. The number of rotatable bonds is 6. The number of carbonyl (C=O) groups excluding carboxylic acids is 1. The largest absolute Gasteiger partial charge is 0.311 e. The molecule has 2 rings (SSSR count). The van der Waals surface area contributed by atoms with E-state index in [-0.39, 0.29) is 23.9 Å². The van der Waals surface area contributed by atoms with Gasteiger partial charge in [-0.15, -0.1) is 0 Å². The highest BCUT2D eigenvalue weighted by Crippen LogP contribution is 2.18. The fourth-order valence-corrected chi connectivity index (χ4v) is 3.35. The van der Waals surface area contributed by atoms with E-state index in [0.717, 1.165) is 0 Å². The van der Waals surface area contributed by atoms with E-state index < -0.39 is 10.0 Å². The highest BCUT2D eigenvalue weighted by Gasteiger charge is 2.16. The van der Waals surface area contributed by atoms with Crippen molar-refractivity contribution in [3.05, 3.63) is 58.6 Å². The number of hydrogen-bond donors (Lipinski definition) is 1. The lowest BCUT2D eigenvalue weighted by molar-refractivity contribution is -0.116. The molecule has 0 atom stereocenters. The number of nitrogens with zero attached hydrogens (tertiary/aromatic N) is 1. The monoisotopic (exact) mass is 386 g/mol. The molecule has 0 aromatic heterocycles. The van der Waals surface area contributed by atoms with Gasteiger partial charge in [-0.05, 0) is 48.5 Å². The fraction of sp³-hybridized carbons (Fsp3) is 0.188. The van der Waals surface area contributed by atoms with Gasteiger partial charge in [-0.2, -0.15) is 0 Å². The average Bonchev–Trinajstić information content (AvgIpc) is 2.53. The van der Waals surface area contributed by atoms with Crippen molar-refractivity contribution in [2.45, 2.75) is 11.8 Å². The third-order valence-electron chi connectivity index (χ3n) is 3.27. The van der Waals surface area contributed by atoms with Gasteiger partial charge >= 0.3 is 0 Å². The molecule has 1 amide bonds. The molecule has 0 fully saturated rings. The minimum atomic E-state index is -3.66. The molecular weight excluding hydrogens is 371 g/mol. The van der Waals surface area contributed by atoms with Crippen LogP contribution in [0.5, 0.6) is 0 Å². The molecule has 0 saturated heterocycles. The maximum atomic E-state index is 12.2. The molecular formula is C16H16Cl2N2O3S. The molecule has 0 bridgehead atoms. The highest BCUT2D eigenvalue weighted by atomic mass is 35.5. The zero-order chi connectivity index (χ0) is 17.7. The second-order valence-corrected chi connectivity index (χ2v) is 7.64. The predicted molar refractivity (Wildman–Crippen MR) is 96.1 cm³/mol. The maximum Gasteiger partial charge on any atom is 0.240 e. The molecule has 8 heteroatoms. The third-order valence-corrected chi connectivity index (χ3v) is 5.25. The highest BCUT2D eigenvalue weighted by molar-refractivity contribution is 7.89. The summed E-state index contributed by atoms with van der Waals surface area (Å²) in [6.07, 6.45) is 0. The minimum absolute atomic E-state index is 0.0766. The second kappa shape index (κ2) is 7.98. The Morgan fingerprint density at radius 1 is 1.00 bits per heavy atom. The van der Waals surface area contributed by atoms with Crippen LogP contribution in [0.3, 0.4) is 0 Å². The molecule has 0 heterocycles. The van der Waals surface area contributed by atoms with Crippen LogP contribution < -0.4 is 9.62 Å². The van der Waals surface area contributed by atoms with Gasteiger partial charge < -0.3 is 4.90 Å². The summed E-state index contributed by atoms with van der Waals surface area (Å²) < 4.78 is 26.9. The molecule has 0 saturated carbocycles. The smallest absolute Gasteiger partial charge is 0.240 e. The lowest BCUT2D eigenvalue weighted by atomic mass is 10.3. The Balaban J connectivity index is 2.03. The standard InChI is InChI=1S/C16H16Cl2N2O3S/c1-12(21)20(15-6-2-13(17)3-7-15)11-10-19-24(22,23)16-8-4-14(18)5-9-16/h2-9,19H,10-11H2,1H3. The molecule has 0 unspecified atom stereocenters. The van der Waals surface area contributed by atoms with Gasteiger partial charge in [-0.1, -0.05) is 23.2 Å². The summed E-state index contributed by atoms with van der Waals surface area (Å²) in [5.74, 6) is -0.192. The maximum absolute atomic E-state index is 12.2. The molecule has 128 valence electrons. The molecule has 0 spiro atoms. The number of amides is 1. The van der Waals surface area contributed by atoms with Crippen molar-refractivity contribution in [2.75, 3.05) is 18.0 Å². The van der Waals surface area contributed by atoms with E-state index >= 15 is 0 Å². The summed E-state index contributed by atoms with van der Waals surface area (Å²) in [7, 11) is -3.66. The Labute approximate surface area is 151 Å². The topological polar surface area (TPSA) is 66.5 Å². The van der Waals surface area contributed by atoms with E-state index in [2.05, 4.69) is 4.72 Å². The van der Waals surface area contributed by atoms with Gasteiger partial charge in [0.2, 0.25) is 15.9 Å². The van der Waals surface area contributed by atoms with Gasteiger partial charge in [0.05, 0.1) is 4.90 Å². The molecule has 0 aliphatic carbocycles. The number of carbonyl (C=O) groups is 1. The van der Waals surface area contributed by atoms with Crippen molar-refractivity contribution in [1.82, 2.24) is 4.72 Å². The van der Waals surface area contributed by atoms with E-state index in [1.165, 1.54) is 36.1 Å². The van der Waals surface area contributed by atoms with Crippen LogP contribution in [0, 0.1) is 0 Å². The van der Waals surface area contributed by atoms with Crippen molar-refractivity contribution in [1.29, 1.82) is 0 Å². The average molecular weight is 387 g/mol. The number of hydrogen-bond acceptors (Lipinski definition) is 3. The first kappa shape index (κ1) is 18.7. The zero-order valence-electron chi connectivity index (χ0n) is 12.9. The molecule has 5 nitrogen and oxygen atoms in total. The lowest BCUT2D eigenvalue weighted by Gasteiger charge is -2.21.